The molecule has 0 radical (unpaired) electrons. The van der Waals surface area contributed by atoms with E-state index in [4.69, 9.17) is 0 Å². The highest BCUT2D eigenvalue weighted by molar-refractivity contribution is 6.08. The van der Waals surface area contributed by atoms with Gasteiger partial charge >= 0.3 is 0 Å². The number of rotatable bonds is 3. The predicted molar refractivity (Wildman–Crippen MR) is 97.4 cm³/mol. The van der Waals surface area contributed by atoms with Crippen LogP contribution in [0, 0.1) is 0 Å². The summed E-state index contributed by atoms with van der Waals surface area (Å²) in [6, 6.07) is 18.9. The second-order valence-corrected chi connectivity index (χ2v) is 6.56. The van der Waals surface area contributed by atoms with E-state index in [0.717, 1.165) is 43.3 Å². The van der Waals surface area contributed by atoms with Crippen LogP contribution in [0.15, 0.2) is 54.6 Å². The Bertz CT molecular complexity index is 879. The second-order valence-electron chi connectivity index (χ2n) is 6.56. The number of amides is 1. The third-order valence-electron chi connectivity index (χ3n) is 5.01. The smallest absolute Gasteiger partial charge is 0.256 e. The maximum Gasteiger partial charge on any atom is 0.256 e. The molecule has 0 atom stereocenters. The molecule has 1 amide bonds. The van der Waals surface area contributed by atoms with Gasteiger partial charge in [-0.1, -0.05) is 48.5 Å². The van der Waals surface area contributed by atoms with Gasteiger partial charge in [0.05, 0.1) is 5.56 Å². The molecule has 1 aliphatic heterocycles. The Morgan fingerprint density at radius 3 is 2.58 bits per heavy atom. The molecule has 0 saturated carbocycles. The van der Waals surface area contributed by atoms with Gasteiger partial charge in [0.15, 0.2) is 0 Å². The van der Waals surface area contributed by atoms with Crippen molar-refractivity contribution in [2.45, 2.75) is 25.8 Å². The molecule has 1 aliphatic rings. The summed E-state index contributed by atoms with van der Waals surface area (Å²) in [7, 11) is 1.91. The average molecular weight is 318 g/mol. The van der Waals surface area contributed by atoms with E-state index >= 15 is 0 Å². The van der Waals surface area contributed by atoms with E-state index in [1.165, 1.54) is 16.8 Å². The summed E-state index contributed by atoms with van der Waals surface area (Å²) in [6.07, 6.45) is 2.97. The van der Waals surface area contributed by atoms with Crippen molar-refractivity contribution in [3.8, 4) is 0 Å². The minimum Gasteiger partial charge on any atom is -0.343 e. The minimum atomic E-state index is 0.164. The lowest BCUT2D eigenvalue weighted by atomic mass is 10.1. The Balaban J connectivity index is 1.80. The van der Waals surface area contributed by atoms with Gasteiger partial charge in [0.25, 0.3) is 5.91 Å². The largest absolute Gasteiger partial charge is 0.343 e. The third-order valence-corrected chi connectivity index (χ3v) is 5.01. The Hall–Kier alpha value is -2.55. The number of carbonyl (C=O) groups excluding carboxylic acids is 1. The van der Waals surface area contributed by atoms with E-state index in [0.29, 0.717) is 0 Å². The Morgan fingerprint density at radius 1 is 1.00 bits per heavy atom. The molecule has 3 nitrogen and oxygen atoms in total. The Morgan fingerprint density at radius 2 is 1.75 bits per heavy atom. The highest BCUT2D eigenvalue weighted by Crippen LogP contribution is 2.30. The maximum absolute atomic E-state index is 12.9. The fourth-order valence-corrected chi connectivity index (χ4v) is 3.77. The van der Waals surface area contributed by atoms with Crippen molar-refractivity contribution >= 4 is 16.8 Å². The average Bonchev–Trinajstić information content (AvgIpc) is 2.85. The van der Waals surface area contributed by atoms with Gasteiger partial charge in [-0.3, -0.25) is 4.79 Å². The normalized spacial score (nSPS) is 14.7. The van der Waals surface area contributed by atoms with Gasteiger partial charge in [-0.2, -0.15) is 0 Å². The quantitative estimate of drug-likeness (QED) is 0.719. The molecule has 0 unspecified atom stereocenters. The number of benzene rings is 2. The zero-order valence-corrected chi connectivity index (χ0v) is 14.0. The first-order chi connectivity index (χ1) is 11.8. The predicted octanol–water partition coefficient (Wildman–Crippen LogP) is 3.90. The summed E-state index contributed by atoms with van der Waals surface area (Å²) in [6.45, 7) is 1.75. The molecule has 2 heterocycles. The van der Waals surface area contributed by atoms with Crippen molar-refractivity contribution in [2.75, 3.05) is 13.6 Å². The number of fused-ring (bicyclic) bond motifs is 3. The molecule has 24 heavy (non-hydrogen) atoms. The molecule has 3 heteroatoms. The number of hydrogen-bond acceptors (Lipinski definition) is 1. The topological polar surface area (TPSA) is 25.2 Å². The fraction of sp³-hybridized carbons (Fsp3) is 0.286. The van der Waals surface area contributed by atoms with Crippen LogP contribution in [0.4, 0.5) is 0 Å². The Labute approximate surface area is 142 Å². The van der Waals surface area contributed by atoms with Crippen LogP contribution >= 0.6 is 0 Å². The molecule has 0 spiro atoms. The molecule has 122 valence electrons. The van der Waals surface area contributed by atoms with Crippen molar-refractivity contribution in [3.63, 3.8) is 0 Å². The van der Waals surface area contributed by atoms with E-state index in [2.05, 4.69) is 53.1 Å². The van der Waals surface area contributed by atoms with Crippen LogP contribution < -0.4 is 0 Å². The van der Waals surface area contributed by atoms with Gasteiger partial charge in [-0.15, -0.1) is 0 Å². The number of hydrogen-bond donors (Lipinski definition) is 0. The third kappa shape index (κ3) is 2.50. The SMILES string of the molecule is CN1CCCc2c(c3ccccc3n2CCc2ccccc2)C1=O. The number of nitrogens with zero attached hydrogens (tertiary/aromatic N) is 2. The summed E-state index contributed by atoms with van der Waals surface area (Å²) in [4.78, 5) is 14.7. The lowest BCUT2D eigenvalue weighted by Gasteiger charge is -2.13. The van der Waals surface area contributed by atoms with Gasteiger partial charge in [0.2, 0.25) is 0 Å². The number of carbonyl (C=O) groups is 1. The summed E-state index contributed by atoms with van der Waals surface area (Å²) < 4.78 is 2.37. The molecular formula is C21H22N2O. The highest BCUT2D eigenvalue weighted by Gasteiger charge is 2.26. The van der Waals surface area contributed by atoms with Crippen LogP contribution in [0.2, 0.25) is 0 Å². The fourth-order valence-electron chi connectivity index (χ4n) is 3.77. The van der Waals surface area contributed by atoms with Gasteiger partial charge in [0.1, 0.15) is 0 Å². The van der Waals surface area contributed by atoms with Crippen LogP contribution in [0.3, 0.4) is 0 Å². The van der Waals surface area contributed by atoms with Crippen LogP contribution in [-0.4, -0.2) is 29.0 Å². The standard InChI is InChI=1S/C21H22N2O/c1-22-14-7-12-19-20(21(22)24)17-10-5-6-11-18(17)23(19)15-13-16-8-3-2-4-9-16/h2-6,8-11H,7,12-15H2,1H3. The maximum atomic E-state index is 12.9. The van der Waals surface area contributed by atoms with Crippen molar-refractivity contribution in [2.24, 2.45) is 0 Å². The lowest BCUT2D eigenvalue weighted by molar-refractivity contribution is 0.0802. The molecule has 4 rings (SSSR count). The van der Waals surface area contributed by atoms with Crippen molar-refractivity contribution in [1.29, 1.82) is 0 Å². The molecule has 2 aromatic carbocycles. The van der Waals surface area contributed by atoms with Crippen LogP contribution in [0.1, 0.15) is 28.0 Å². The molecule has 1 aromatic heterocycles. The van der Waals surface area contributed by atoms with E-state index in [-0.39, 0.29) is 5.91 Å². The van der Waals surface area contributed by atoms with E-state index in [1.807, 2.05) is 18.0 Å². The molecule has 0 aliphatic carbocycles. The molecule has 0 fully saturated rings. The molecule has 0 bridgehead atoms. The van der Waals surface area contributed by atoms with E-state index in [1.54, 1.807) is 0 Å². The van der Waals surface area contributed by atoms with Crippen molar-refractivity contribution in [1.82, 2.24) is 9.47 Å². The zero-order chi connectivity index (χ0) is 16.5. The highest BCUT2D eigenvalue weighted by atomic mass is 16.2. The summed E-state index contributed by atoms with van der Waals surface area (Å²) in [5.41, 5.74) is 4.64. The van der Waals surface area contributed by atoms with E-state index < -0.39 is 0 Å². The van der Waals surface area contributed by atoms with E-state index in [9.17, 15) is 4.79 Å². The Kier molecular flexibility index (Phi) is 3.85. The molecule has 0 N–H and O–H groups in total. The van der Waals surface area contributed by atoms with Gasteiger partial charge in [-0.05, 0) is 30.9 Å². The van der Waals surface area contributed by atoms with Crippen LogP contribution in [0.5, 0.6) is 0 Å². The monoisotopic (exact) mass is 318 g/mol. The van der Waals surface area contributed by atoms with Gasteiger partial charge in [-0.25, -0.2) is 0 Å². The van der Waals surface area contributed by atoms with Gasteiger partial charge in [0, 0.05) is 36.7 Å². The lowest BCUT2D eigenvalue weighted by Crippen LogP contribution is -2.26. The van der Waals surface area contributed by atoms with Crippen molar-refractivity contribution in [3.05, 3.63) is 71.4 Å². The first-order valence-corrected chi connectivity index (χ1v) is 8.65. The van der Waals surface area contributed by atoms with Crippen molar-refractivity contribution < 1.29 is 4.79 Å². The summed E-state index contributed by atoms with van der Waals surface area (Å²) >= 11 is 0. The molecule has 0 saturated heterocycles. The molecular weight excluding hydrogens is 296 g/mol. The summed E-state index contributed by atoms with van der Waals surface area (Å²) in [5, 5.41) is 1.10. The number of aromatic nitrogens is 1. The first kappa shape index (κ1) is 15.0. The number of aryl methyl sites for hydroxylation is 2. The van der Waals surface area contributed by atoms with Crippen LogP contribution in [0.25, 0.3) is 10.9 Å². The summed E-state index contributed by atoms with van der Waals surface area (Å²) in [5.74, 6) is 0.164. The number of para-hydroxylation sites is 1. The minimum absolute atomic E-state index is 0.164. The second kappa shape index (κ2) is 6.16. The molecule has 3 aromatic rings. The van der Waals surface area contributed by atoms with Crippen LogP contribution in [-0.2, 0) is 19.4 Å². The zero-order valence-electron chi connectivity index (χ0n) is 14.0. The van der Waals surface area contributed by atoms with Gasteiger partial charge < -0.3 is 9.47 Å². The first-order valence-electron chi connectivity index (χ1n) is 8.65.